The van der Waals surface area contributed by atoms with Gasteiger partial charge in [0.25, 0.3) is 5.56 Å². The summed E-state index contributed by atoms with van der Waals surface area (Å²) in [5.41, 5.74) is -1.000. The summed E-state index contributed by atoms with van der Waals surface area (Å²) in [6.07, 6.45) is -1.64. The topological polar surface area (TPSA) is 280 Å². The van der Waals surface area contributed by atoms with Gasteiger partial charge in [0.1, 0.15) is 36.8 Å². The van der Waals surface area contributed by atoms with Crippen LogP contribution in [0.2, 0.25) is 22.2 Å². The number of carbonyl (C=O) groups is 1. The van der Waals surface area contributed by atoms with E-state index in [9.17, 15) is 24.3 Å². The molecule has 0 bridgehead atoms. The number of amides is 1. The van der Waals surface area contributed by atoms with Crippen molar-refractivity contribution < 1.29 is 59.4 Å². The predicted molar refractivity (Wildman–Crippen MR) is 238 cm³/mol. The summed E-state index contributed by atoms with van der Waals surface area (Å²) in [5.74, 6) is -1.35. The van der Waals surface area contributed by atoms with E-state index in [1.807, 2.05) is 33.8 Å². The van der Waals surface area contributed by atoms with Gasteiger partial charge in [-0.2, -0.15) is 10.2 Å². The Morgan fingerprint density at radius 3 is 2.40 bits per heavy atom. The van der Waals surface area contributed by atoms with Gasteiger partial charge in [-0.05, 0) is 28.6 Å². The van der Waals surface area contributed by atoms with Crippen molar-refractivity contribution in [1.29, 1.82) is 5.26 Å². The first-order valence-electron chi connectivity index (χ1n) is 21.9. The second-order valence-electron chi connectivity index (χ2n) is 18.0. The highest BCUT2D eigenvalue weighted by molar-refractivity contribution is 7.48. The van der Waals surface area contributed by atoms with Crippen LogP contribution in [0.3, 0.4) is 0 Å². The predicted octanol–water partition coefficient (Wildman–Crippen LogP) is 6.69. The molecule has 0 spiro atoms. The van der Waals surface area contributed by atoms with Gasteiger partial charge in [0.05, 0.1) is 38.6 Å². The number of nitriles is 1. The monoisotopic (exact) mass is 983 g/mol. The van der Waals surface area contributed by atoms with E-state index >= 15 is 4.57 Å². The zero-order valence-corrected chi connectivity index (χ0v) is 42.1. The first-order chi connectivity index (χ1) is 30.7. The number of hydrogen-bond acceptors (Lipinski definition) is 18. The highest BCUT2D eigenvalue weighted by Gasteiger charge is 2.63. The normalized spacial score (nSPS) is 26.6. The van der Waals surface area contributed by atoms with E-state index in [-0.39, 0.29) is 84.2 Å². The smallest absolute Gasteiger partial charge is 0.474 e. The molecule has 0 aromatic carbocycles. The summed E-state index contributed by atoms with van der Waals surface area (Å²) in [7, 11) is -14.3. The Bertz CT molecular complexity index is 2270. The lowest BCUT2D eigenvalue weighted by molar-refractivity contribution is -0.118. The lowest BCUT2D eigenvalue weighted by atomic mass is 10.1. The molecule has 65 heavy (non-hydrogen) atoms. The molecular formula is C39H61N8O14P2Si2+. The van der Waals surface area contributed by atoms with Crippen molar-refractivity contribution in [2.75, 3.05) is 25.1 Å². The van der Waals surface area contributed by atoms with Gasteiger partial charge < -0.3 is 22.4 Å². The van der Waals surface area contributed by atoms with Crippen LogP contribution in [-0.4, -0.2) is 108 Å². The molecule has 3 aromatic heterocycles. The lowest BCUT2D eigenvalue weighted by Crippen LogP contribution is -2.65. The summed E-state index contributed by atoms with van der Waals surface area (Å²) in [6, 6.07) is 3.54. The summed E-state index contributed by atoms with van der Waals surface area (Å²) >= 11 is 0. The summed E-state index contributed by atoms with van der Waals surface area (Å²) in [5, 5.41) is 12.1. The van der Waals surface area contributed by atoms with Gasteiger partial charge in [-0.3, -0.25) is 38.0 Å². The number of hydrogen-bond donors (Lipinski definition) is 3. The van der Waals surface area contributed by atoms with Crippen LogP contribution in [0.4, 0.5) is 5.95 Å². The second kappa shape index (κ2) is 21.3. The standard InChI is InChI=1S/C39H60N8O14P2Si2/c1-22(2)36(48)45-39-44-35-32(37(49)46-39)43-21-47(35)38-34(33-30(57-38)19-55-64(23(3)4,24(5)6)61-65(60-33,25(7)8)26(9)10)59-63(52,53-15-11-13-40)54-18-27-16-28(17-29(27)58-62(50)51)56-31-12-14-41-20-42-31/h12,14,20-30,33-34,38H,11,15-19H2,1-10H3,(H2-,44,45,46,48,49,50,51)/p+1/t27-,28-,29+,30-,33-,34-,38-,63?/m1/s1. The molecule has 9 atom stereocenters. The maximum absolute atomic E-state index is 15.2. The minimum absolute atomic E-state index is 0.00194. The Kier molecular flexibility index (Phi) is 16.7. The number of phosphoric ester groups is 1. The molecule has 26 heteroatoms. The first-order valence-corrected chi connectivity index (χ1v) is 28.4. The minimum atomic E-state index is -4.78. The Balaban J connectivity index is 1.44. The third kappa shape index (κ3) is 11.3. The molecule has 3 fully saturated rings. The van der Waals surface area contributed by atoms with Crippen LogP contribution in [-0.2, 0) is 49.7 Å². The highest BCUT2D eigenvalue weighted by atomic mass is 31.2. The molecule has 3 aliphatic rings. The summed E-state index contributed by atoms with van der Waals surface area (Å²) in [6.45, 7) is 19.1. The number of aromatic nitrogens is 6. The van der Waals surface area contributed by atoms with Crippen molar-refractivity contribution in [2.45, 2.75) is 147 Å². The summed E-state index contributed by atoms with van der Waals surface area (Å²) in [4.78, 5) is 55.4. The van der Waals surface area contributed by atoms with Crippen molar-refractivity contribution in [1.82, 2.24) is 29.5 Å². The van der Waals surface area contributed by atoms with E-state index in [0.717, 1.165) is 0 Å². The molecule has 1 saturated carbocycles. The van der Waals surface area contributed by atoms with Crippen LogP contribution in [0.15, 0.2) is 29.7 Å². The number of ether oxygens (including phenoxy) is 2. The Hall–Kier alpha value is -3.41. The fraction of sp³-hybridized carbons (Fsp3) is 0.718. The Morgan fingerprint density at radius 2 is 1.78 bits per heavy atom. The SMILES string of the molecule is CC(C)C(=O)Nc1nc2c(ncn2[C@@H]2O[C@@H]3CO[Si](C(C)C)(C(C)C)O[Si](C(C)C)(C(C)C)O[C@H]3[C@H]2OP(=O)(OCCC#N)OC[C@H]2C[C@@H](Oc3ccncn3)C[C@@H]2O[P+](=O)O)c(=O)[nH]1. The fourth-order valence-corrected chi connectivity index (χ4v) is 21.7. The van der Waals surface area contributed by atoms with Crippen LogP contribution in [0.25, 0.3) is 11.2 Å². The molecule has 1 amide bonds. The number of phosphoric acid groups is 1. The zero-order valence-electron chi connectivity index (χ0n) is 38.3. The van der Waals surface area contributed by atoms with Crippen molar-refractivity contribution in [3.05, 3.63) is 35.3 Å². The van der Waals surface area contributed by atoms with E-state index in [4.69, 9.17) is 40.5 Å². The number of imidazole rings is 1. The van der Waals surface area contributed by atoms with Gasteiger partial charge in [0, 0.05) is 35.1 Å². The highest BCUT2D eigenvalue weighted by Crippen LogP contribution is 2.57. The largest absolute Gasteiger partial charge is 0.695 e. The van der Waals surface area contributed by atoms with E-state index < -0.39 is 93.2 Å². The van der Waals surface area contributed by atoms with Crippen LogP contribution in [0.1, 0.15) is 94.7 Å². The quantitative estimate of drug-likeness (QED) is 0.0640. The van der Waals surface area contributed by atoms with Gasteiger partial charge in [0.2, 0.25) is 17.7 Å². The molecule has 2 saturated heterocycles. The molecule has 22 nitrogen and oxygen atoms in total. The third-order valence-electron chi connectivity index (χ3n) is 11.9. The Labute approximate surface area is 380 Å². The van der Waals surface area contributed by atoms with Gasteiger partial charge >= 0.3 is 33.2 Å². The molecule has 2 aliphatic heterocycles. The molecule has 0 radical (unpaired) electrons. The maximum Gasteiger partial charge on any atom is 0.695 e. The van der Waals surface area contributed by atoms with Gasteiger partial charge in [-0.25, -0.2) is 19.5 Å². The number of aromatic amines is 1. The van der Waals surface area contributed by atoms with Crippen molar-refractivity contribution in [3.8, 4) is 11.9 Å². The molecule has 358 valence electrons. The first kappa shape index (κ1) is 51.0. The Morgan fingerprint density at radius 1 is 1.08 bits per heavy atom. The van der Waals surface area contributed by atoms with Gasteiger partial charge in [-0.15, -0.1) is 9.42 Å². The maximum atomic E-state index is 15.2. The van der Waals surface area contributed by atoms with E-state index in [1.54, 1.807) is 19.9 Å². The van der Waals surface area contributed by atoms with Crippen LogP contribution in [0.5, 0.6) is 5.88 Å². The molecule has 3 N–H and O–H groups in total. The van der Waals surface area contributed by atoms with Crippen molar-refractivity contribution in [2.24, 2.45) is 11.8 Å². The molecule has 5 heterocycles. The van der Waals surface area contributed by atoms with Gasteiger partial charge in [-0.1, -0.05) is 69.2 Å². The third-order valence-corrected chi connectivity index (χ3v) is 24.1. The molecule has 3 aromatic rings. The molecule has 6 rings (SSSR count). The van der Waals surface area contributed by atoms with Crippen molar-refractivity contribution >= 4 is 56.2 Å². The number of rotatable bonds is 19. The number of nitrogens with one attached hydrogen (secondary N) is 2. The average Bonchev–Trinajstić information content (AvgIpc) is 3.91. The summed E-state index contributed by atoms with van der Waals surface area (Å²) < 4.78 is 87.3. The van der Waals surface area contributed by atoms with E-state index in [2.05, 4.69) is 57.9 Å². The van der Waals surface area contributed by atoms with E-state index in [0.29, 0.717) is 0 Å². The number of nitrogens with zero attached hydrogens (tertiary/aromatic N) is 6. The van der Waals surface area contributed by atoms with E-state index in [1.165, 1.54) is 23.4 Å². The van der Waals surface area contributed by atoms with Crippen LogP contribution < -0.4 is 15.6 Å². The molecule has 2 unspecified atom stereocenters. The average molecular weight is 984 g/mol. The van der Waals surface area contributed by atoms with Gasteiger partial charge in [0.15, 0.2) is 17.4 Å². The number of anilines is 1. The minimum Gasteiger partial charge on any atom is -0.474 e. The van der Waals surface area contributed by atoms with Crippen molar-refractivity contribution in [3.63, 3.8) is 0 Å². The number of carbonyl (C=O) groups excluding carboxylic acids is 1. The number of H-pyrrole nitrogens is 1. The molecular weight excluding hydrogens is 923 g/mol. The number of fused-ring (bicyclic) bond motifs is 2. The van der Waals surface area contributed by atoms with Crippen LogP contribution in [0, 0.1) is 23.2 Å². The van der Waals surface area contributed by atoms with Crippen LogP contribution >= 0.6 is 16.1 Å². The second-order valence-corrected chi connectivity index (χ2v) is 29.1. The fourth-order valence-electron chi connectivity index (χ4n) is 8.60. The zero-order chi connectivity index (χ0) is 47.4. The molecule has 1 aliphatic carbocycles. The lowest BCUT2D eigenvalue weighted by Gasteiger charge is -2.51.